The topological polar surface area (TPSA) is 69.0 Å². The molecule has 7 heteroatoms. The predicted molar refractivity (Wildman–Crippen MR) is 128 cm³/mol. The number of anilines is 1. The Balaban J connectivity index is 1.64. The molecule has 3 aromatic carbocycles. The summed E-state index contributed by atoms with van der Waals surface area (Å²) in [6.07, 6.45) is 0. The molecule has 0 bridgehead atoms. The minimum absolute atomic E-state index is 0.0938. The van der Waals surface area contributed by atoms with Crippen LogP contribution in [0, 0.1) is 0 Å². The molecular formula is C25H24N4O2S. The summed E-state index contributed by atoms with van der Waals surface area (Å²) in [5, 5.41) is 12.1. The maximum atomic E-state index is 12.8. The Morgan fingerprint density at radius 3 is 2.28 bits per heavy atom. The van der Waals surface area contributed by atoms with Crippen molar-refractivity contribution in [3.63, 3.8) is 0 Å². The number of carbonyl (C=O) groups is 1. The SMILES string of the molecule is CCOc1ccc(-n2c(SC(C)C(=O)Nc3ccccc3)nnc2-c2ccccc2)cc1. The van der Waals surface area contributed by atoms with E-state index in [0.717, 1.165) is 22.7 Å². The highest BCUT2D eigenvalue weighted by Gasteiger charge is 2.22. The average Bonchev–Trinajstić information content (AvgIpc) is 3.24. The first-order valence-corrected chi connectivity index (χ1v) is 11.3. The zero-order valence-electron chi connectivity index (χ0n) is 17.9. The fourth-order valence-electron chi connectivity index (χ4n) is 3.19. The number of hydrogen-bond donors (Lipinski definition) is 1. The van der Waals surface area contributed by atoms with Gasteiger partial charge in [-0.1, -0.05) is 60.3 Å². The molecule has 0 saturated heterocycles. The molecule has 0 aliphatic carbocycles. The number of aromatic nitrogens is 3. The molecule has 0 aliphatic rings. The van der Waals surface area contributed by atoms with Gasteiger partial charge in [-0.2, -0.15) is 0 Å². The third-order valence-electron chi connectivity index (χ3n) is 4.76. The Hall–Kier alpha value is -3.58. The first kappa shape index (κ1) is 21.6. The molecule has 1 heterocycles. The van der Waals surface area contributed by atoms with Crippen LogP contribution in [0.1, 0.15) is 13.8 Å². The van der Waals surface area contributed by atoms with Crippen LogP contribution in [-0.2, 0) is 4.79 Å². The number of thioether (sulfide) groups is 1. The number of hydrogen-bond acceptors (Lipinski definition) is 5. The van der Waals surface area contributed by atoms with Gasteiger partial charge >= 0.3 is 0 Å². The van der Waals surface area contributed by atoms with Crippen LogP contribution >= 0.6 is 11.8 Å². The maximum Gasteiger partial charge on any atom is 0.237 e. The Kier molecular flexibility index (Phi) is 6.87. The molecule has 0 radical (unpaired) electrons. The molecule has 0 spiro atoms. The van der Waals surface area contributed by atoms with E-state index in [1.165, 1.54) is 11.8 Å². The van der Waals surface area contributed by atoms with Gasteiger partial charge < -0.3 is 10.1 Å². The molecule has 1 N–H and O–H groups in total. The Morgan fingerprint density at radius 1 is 0.969 bits per heavy atom. The number of nitrogens with zero attached hydrogens (tertiary/aromatic N) is 3. The molecule has 0 saturated carbocycles. The van der Waals surface area contributed by atoms with Crippen LogP contribution in [0.5, 0.6) is 5.75 Å². The molecule has 1 aromatic heterocycles. The molecule has 4 aromatic rings. The lowest BCUT2D eigenvalue weighted by Crippen LogP contribution is -2.22. The molecule has 6 nitrogen and oxygen atoms in total. The Morgan fingerprint density at radius 2 is 1.62 bits per heavy atom. The van der Waals surface area contributed by atoms with Crippen molar-refractivity contribution < 1.29 is 9.53 Å². The number of amides is 1. The minimum atomic E-state index is -0.371. The average molecular weight is 445 g/mol. The van der Waals surface area contributed by atoms with Gasteiger partial charge in [0, 0.05) is 16.9 Å². The third kappa shape index (κ3) is 5.00. The second-order valence-electron chi connectivity index (χ2n) is 7.05. The van der Waals surface area contributed by atoms with E-state index >= 15 is 0 Å². The van der Waals surface area contributed by atoms with Crippen LogP contribution < -0.4 is 10.1 Å². The summed E-state index contributed by atoms with van der Waals surface area (Å²) < 4.78 is 7.55. The van der Waals surface area contributed by atoms with E-state index in [1.807, 2.05) is 103 Å². The lowest BCUT2D eigenvalue weighted by Gasteiger charge is -2.14. The van der Waals surface area contributed by atoms with Crippen molar-refractivity contribution in [1.29, 1.82) is 0 Å². The highest BCUT2D eigenvalue weighted by molar-refractivity contribution is 8.00. The standard InChI is InChI=1S/C25H24N4O2S/c1-3-31-22-16-14-21(15-17-22)29-23(19-10-6-4-7-11-19)27-28-25(29)32-18(2)24(30)26-20-12-8-5-9-13-20/h4-18H,3H2,1-2H3,(H,26,30). The van der Waals surface area contributed by atoms with Crippen LogP contribution in [0.15, 0.2) is 90.1 Å². The zero-order valence-corrected chi connectivity index (χ0v) is 18.8. The number of benzene rings is 3. The number of rotatable bonds is 8. The van der Waals surface area contributed by atoms with E-state index < -0.39 is 0 Å². The van der Waals surface area contributed by atoms with Gasteiger partial charge in [-0.05, 0) is 50.2 Å². The van der Waals surface area contributed by atoms with Gasteiger partial charge in [0.25, 0.3) is 0 Å². The molecule has 0 fully saturated rings. The number of ether oxygens (including phenoxy) is 1. The van der Waals surface area contributed by atoms with Crippen LogP contribution in [0.4, 0.5) is 5.69 Å². The van der Waals surface area contributed by atoms with Crippen molar-refractivity contribution in [2.45, 2.75) is 24.3 Å². The summed E-state index contributed by atoms with van der Waals surface area (Å²) in [6, 6.07) is 27.1. The molecule has 1 atom stereocenters. The molecule has 4 rings (SSSR count). The quantitative estimate of drug-likeness (QED) is 0.366. The highest BCUT2D eigenvalue weighted by atomic mass is 32.2. The second-order valence-corrected chi connectivity index (χ2v) is 8.36. The summed E-state index contributed by atoms with van der Waals surface area (Å²) in [5.74, 6) is 1.42. The van der Waals surface area contributed by atoms with Crippen molar-refractivity contribution in [2.24, 2.45) is 0 Å². The van der Waals surface area contributed by atoms with E-state index in [0.29, 0.717) is 17.6 Å². The molecular weight excluding hydrogens is 420 g/mol. The molecule has 1 amide bonds. The molecule has 1 unspecified atom stereocenters. The van der Waals surface area contributed by atoms with E-state index in [9.17, 15) is 4.79 Å². The van der Waals surface area contributed by atoms with Gasteiger partial charge in [-0.15, -0.1) is 10.2 Å². The van der Waals surface area contributed by atoms with Gasteiger partial charge in [0.15, 0.2) is 11.0 Å². The summed E-state index contributed by atoms with van der Waals surface area (Å²) in [4.78, 5) is 12.8. The second kappa shape index (κ2) is 10.2. The summed E-state index contributed by atoms with van der Waals surface area (Å²) in [5.41, 5.74) is 2.61. The van der Waals surface area contributed by atoms with Crippen molar-refractivity contribution in [1.82, 2.24) is 14.8 Å². The van der Waals surface area contributed by atoms with Gasteiger partial charge in [-0.3, -0.25) is 9.36 Å². The Bertz CT molecular complexity index is 1160. The molecule has 0 aliphatic heterocycles. The predicted octanol–water partition coefficient (Wildman–Crippen LogP) is 5.45. The maximum absolute atomic E-state index is 12.8. The lowest BCUT2D eigenvalue weighted by molar-refractivity contribution is -0.115. The molecule has 162 valence electrons. The first-order chi connectivity index (χ1) is 15.7. The van der Waals surface area contributed by atoms with E-state index in [4.69, 9.17) is 4.74 Å². The number of carbonyl (C=O) groups excluding carboxylic acids is 1. The lowest BCUT2D eigenvalue weighted by atomic mass is 10.2. The van der Waals surface area contributed by atoms with Crippen molar-refractivity contribution in [2.75, 3.05) is 11.9 Å². The fraction of sp³-hybridized carbons (Fsp3) is 0.160. The van der Waals surface area contributed by atoms with Crippen molar-refractivity contribution in [3.05, 3.63) is 84.9 Å². The van der Waals surface area contributed by atoms with Gasteiger partial charge in [0.1, 0.15) is 5.75 Å². The zero-order chi connectivity index (χ0) is 22.3. The van der Waals surface area contributed by atoms with Crippen molar-refractivity contribution in [3.8, 4) is 22.8 Å². The largest absolute Gasteiger partial charge is 0.494 e. The van der Waals surface area contributed by atoms with Crippen LogP contribution in [0.2, 0.25) is 0 Å². The smallest absolute Gasteiger partial charge is 0.237 e. The van der Waals surface area contributed by atoms with Crippen LogP contribution in [0.25, 0.3) is 17.1 Å². The van der Waals surface area contributed by atoms with Gasteiger partial charge in [0.2, 0.25) is 5.91 Å². The monoisotopic (exact) mass is 444 g/mol. The van der Waals surface area contributed by atoms with Crippen molar-refractivity contribution >= 4 is 23.4 Å². The van der Waals surface area contributed by atoms with E-state index in [-0.39, 0.29) is 11.2 Å². The first-order valence-electron chi connectivity index (χ1n) is 10.4. The van der Waals surface area contributed by atoms with Gasteiger partial charge in [-0.25, -0.2) is 0 Å². The third-order valence-corrected chi connectivity index (χ3v) is 5.81. The fourth-order valence-corrected chi connectivity index (χ4v) is 4.06. The number of para-hydroxylation sites is 1. The van der Waals surface area contributed by atoms with E-state index in [1.54, 1.807) is 0 Å². The molecule has 32 heavy (non-hydrogen) atoms. The van der Waals surface area contributed by atoms with Gasteiger partial charge in [0.05, 0.1) is 11.9 Å². The Labute approximate surface area is 191 Å². The van der Waals surface area contributed by atoms with Crippen LogP contribution in [0.3, 0.4) is 0 Å². The van der Waals surface area contributed by atoms with Crippen LogP contribution in [-0.4, -0.2) is 32.5 Å². The normalized spacial score (nSPS) is 11.7. The highest BCUT2D eigenvalue weighted by Crippen LogP contribution is 2.31. The number of nitrogens with one attached hydrogen (secondary N) is 1. The van der Waals surface area contributed by atoms with E-state index in [2.05, 4.69) is 15.5 Å². The summed E-state index contributed by atoms with van der Waals surface area (Å²) in [6.45, 7) is 4.43. The summed E-state index contributed by atoms with van der Waals surface area (Å²) >= 11 is 1.37. The minimum Gasteiger partial charge on any atom is -0.494 e. The summed E-state index contributed by atoms with van der Waals surface area (Å²) in [7, 11) is 0.